The van der Waals surface area contributed by atoms with Crippen molar-refractivity contribution in [3.05, 3.63) is 53.4 Å². The van der Waals surface area contributed by atoms with Crippen molar-refractivity contribution >= 4 is 5.69 Å². The van der Waals surface area contributed by atoms with E-state index in [4.69, 9.17) is 5.53 Å². The number of hydrogen-bond donors (Lipinski definition) is 0. The van der Waals surface area contributed by atoms with Gasteiger partial charge in [0, 0.05) is 17.3 Å². The molecule has 1 heterocycles. The van der Waals surface area contributed by atoms with Crippen LogP contribution in [0.1, 0.15) is 0 Å². The molecule has 0 aliphatic heterocycles. The molecule has 0 aliphatic carbocycles. The van der Waals surface area contributed by atoms with E-state index in [0.29, 0.717) is 5.69 Å². The Morgan fingerprint density at radius 1 is 1.36 bits per heavy atom. The van der Waals surface area contributed by atoms with Crippen molar-refractivity contribution in [1.29, 1.82) is 0 Å². The molecule has 0 aliphatic rings. The van der Waals surface area contributed by atoms with Crippen LogP contribution in [-0.2, 0) is 0 Å². The Morgan fingerprint density at radius 2 is 2.21 bits per heavy atom. The highest BCUT2D eigenvalue weighted by atomic mass is 15.2. The fourth-order valence-corrected chi connectivity index (χ4v) is 1.22. The molecule has 0 amide bonds. The lowest BCUT2D eigenvalue weighted by Crippen LogP contribution is -1.89. The van der Waals surface area contributed by atoms with Crippen molar-refractivity contribution in [2.24, 2.45) is 5.11 Å². The molecule has 0 radical (unpaired) electrons. The number of rotatable bonds is 2. The van der Waals surface area contributed by atoms with E-state index in [-0.39, 0.29) is 0 Å². The minimum Gasteiger partial charge on any atom is -0.306 e. The van der Waals surface area contributed by atoms with Gasteiger partial charge in [0.2, 0.25) is 0 Å². The molecular formula is C9H7N5. The predicted molar refractivity (Wildman–Crippen MR) is 52.4 cm³/mol. The van der Waals surface area contributed by atoms with E-state index in [9.17, 15) is 0 Å². The lowest BCUT2D eigenvalue weighted by molar-refractivity contribution is 1.05. The maximum atomic E-state index is 8.38. The first-order valence-corrected chi connectivity index (χ1v) is 4.04. The maximum Gasteiger partial charge on any atom is 0.0991 e. The lowest BCUT2D eigenvalue weighted by atomic mass is 10.3. The first-order valence-electron chi connectivity index (χ1n) is 4.04. The summed E-state index contributed by atoms with van der Waals surface area (Å²) in [6.45, 7) is 0. The summed E-state index contributed by atoms with van der Waals surface area (Å²) < 4.78 is 1.80. The van der Waals surface area contributed by atoms with Crippen molar-refractivity contribution in [1.82, 2.24) is 9.55 Å². The van der Waals surface area contributed by atoms with Crippen LogP contribution in [0.2, 0.25) is 0 Å². The van der Waals surface area contributed by atoms with Gasteiger partial charge in [0.25, 0.3) is 0 Å². The van der Waals surface area contributed by atoms with Crippen LogP contribution in [0, 0.1) is 0 Å². The Morgan fingerprint density at radius 3 is 2.93 bits per heavy atom. The fraction of sp³-hybridized carbons (Fsp3) is 0. The summed E-state index contributed by atoms with van der Waals surface area (Å²) in [5.41, 5.74) is 9.79. The molecule has 1 aromatic carbocycles. The van der Waals surface area contributed by atoms with Crippen molar-refractivity contribution in [2.75, 3.05) is 0 Å². The fourth-order valence-electron chi connectivity index (χ4n) is 1.22. The molecule has 2 rings (SSSR count). The minimum atomic E-state index is 0.591. The molecule has 5 nitrogen and oxygen atoms in total. The topological polar surface area (TPSA) is 66.6 Å². The molecule has 0 N–H and O–H groups in total. The van der Waals surface area contributed by atoms with Crippen LogP contribution >= 0.6 is 0 Å². The van der Waals surface area contributed by atoms with Crippen LogP contribution in [0.5, 0.6) is 0 Å². The summed E-state index contributed by atoms with van der Waals surface area (Å²) in [7, 11) is 0. The van der Waals surface area contributed by atoms with E-state index >= 15 is 0 Å². The molecule has 0 saturated heterocycles. The molecule has 0 fully saturated rings. The van der Waals surface area contributed by atoms with Gasteiger partial charge in [-0.25, -0.2) is 4.98 Å². The second-order valence-electron chi connectivity index (χ2n) is 2.65. The van der Waals surface area contributed by atoms with Crippen LogP contribution in [0.4, 0.5) is 5.69 Å². The molecule has 0 bridgehead atoms. The minimum absolute atomic E-state index is 0.591. The summed E-state index contributed by atoms with van der Waals surface area (Å²) in [6, 6.07) is 7.33. The number of hydrogen-bond acceptors (Lipinski definition) is 2. The highest BCUT2D eigenvalue weighted by Crippen LogP contribution is 2.22. The number of para-hydroxylation sites is 1. The van der Waals surface area contributed by atoms with Gasteiger partial charge in [-0.05, 0) is 11.6 Å². The van der Waals surface area contributed by atoms with Crippen LogP contribution in [0.15, 0.2) is 48.1 Å². The van der Waals surface area contributed by atoms with Crippen LogP contribution in [0.3, 0.4) is 0 Å². The molecular weight excluding hydrogens is 178 g/mol. The third-order valence-corrected chi connectivity index (χ3v) is 1.82. The van der Waals surface area contributed by atoms with Crippen LogP contribution in [-0.4, -0.2) is 9.55 Å². The molecule has 14 heavy (non-hydrogen) atoms. The normalized spacial score (nSPS) is 9.43. The van der Waals surface area contributed by atoms with E-state index < -0.39 is 0 Å². The van der Waals surface area contributed by atoms with E-state index in [0.717, 1.165) is 5.69 Å². The number of benzene rings is 1. The Labute approximate surface area is 80.3 Å². The largest absolute Gasteiger partial charge is 0.306 e. The maximum absolute atomic E-state index is 8.38. The van der Waals surface area contributed by atoms with Gasteiger partial charge in [-0.2, -0.15) is 0 Å². The van der Waals surface area contributed by atoms with Crippen molar-refractivity contribution in [3.63, 3.8) is 0 Å². The highest BCUT2D eigenvalue weighted by Gasteiger charge is 1.99. The third-order valence-electron chi connectivity index (χ3n) is 1.82. The quantitative estimate of drug-likeness (QED) is 0.403. The SMILES string of the molecule is [N-]=[N+]=Nc1ccccc1-n1ccnc1. The zero-order chi connectivity index (χ0) is 9.80. The Bertz CT molecular complexity index is 468. The Kier molecular flexibility index (Phi) is 2.17. The summed E-state index contributed by atoms with van der Waals surface area (Å²) in [4.78, 5) is 6.70. The first-order chi connectivity index (χ1) is 6.92. The molecule has 2 aromatic rings. The molecule has 0 unspecified atom stereocenters. The average molecular weight is 185 g/mol. The molecule has 5 heteroatoms. The zero-order valence-corrected chi connectivity index (χ0v) is 7.28. The van der Waals surface area contributed by atoms with Crippen molar-refractivity contribution in [3.8, 4) is 5.69 Å². The second-order valence-corrected chi connectivity index (χ2v) is 2.65. The predicted octanol–water partition coefficient (Wildman–Crippen LogP) is 2.81. The van der Waals surface area contributed by atoms with Crippen molar-refractivity contribution in [2.45, 2.75) is 0 Å². The standard InChI is InChI=1S/C9H7N5/c10-13-12-8-3-1-2-4-9(8)14-6-5-11-7-14/h1-7H. The summed E-state index contributed by atoms with van der Waals surface area (Å²) in [5, 5.41) is 3.59. The van der Waals surface area contributed by atoms with Gasteiger partial charge in [-0.15, -0.1) is 0 Å². The van der Waals surface area contributed by atoms with Gasteiger partial charge in [-0.1, -0.05) is 23.3 Å². The molecule has 0 saturated carbocycles. The van der Waals surface area contributed by atoms with E-state index in [1.54, 1.807) is 29.4 Å². The molecule has 68 valence electrons. The molecule has 0 atom stereocenters. The summed E-state index contributed by atoms with van der Waals surface area (Å²) in [5.74, 6) is 0. The number of nitrogens with zero attached hydrogens (tertiary/aromatic N) is 5. The van der Waals surface area contributed by atoms with Gasteiger partial charge >= 0.3 is 0 Å². The second kappa shape index (κ2) is 3.64. The van der Waals surface area contributed by atoms with Crippen LogP contribution < -0.4 is 0 Å². The van der Waals surface area contributed by atoms with E-state index in [1.165, 1.54) is 0 Å². The third kappa shape index (κ3) is 1.44. The summed E-state index contributed by atoms with van der Waals surface area (Å²) >= 11 is 0. The first kappa shape index (κ1) is 8.34. The monoisotopic (exact) mass is 185 g/mol. The molecule has 1 aromatic heterocycles. The Hall–Kier alpha value is -2.26. The van der Waals surface area contributed by atoms with Crippen LogP contribution in [0.25, 0.3) is 16.1 Å². The van der Waals surface area contributed by atoms with E-state index in [2.05, 4.69) is 15.0 Å². The van der Waals surface area contributed by atoms with Gasteiger partial charge in [0.1, 0.15) is 0 Å². The van der Waals surface area contributed by atoms with Gasteiger partial charge in [0.05, 0.1) is 17.7 Å². The number of aromatic nitrogens is 2. The van der Waals surface area contributed by atoms with E-state index in [1.807, 2.05) is 18.2 Å². The van der Waals surface area contributed by atoms with Gasteiger partial charge in [0.15, 0.2) is 0 Å². The Balaban J connectivity index is 2.57. The molecule has 0 spiro atoms. The summed E-state index contributed by atoms with van der Waals surface area (Å²) in [6.07, 6.45) is 5.13. The average Bonchev–Trinajstić information content (AvgIpc) is 2.72. The van der Waals surface area contributed by atoms with Crippen molar-refractivity contribution < 1.29 is 0 Å². The number of azide groups is 1. The van der Waals surface area contributed by atoms with Gasteiger partial charge < -0.3 is 4.57 Å². The van der Waals surface area contributed by atoms with Gasteiger partial charge in [-0.3, -0.25) is 0 Å². The smallest absolute Gasteiger partial charge is 0.0991 e. The highest BCUT2D eigenvalue weighted by molar-refractivity contribution is 5.56. The number of imidazole rings is 1. The zero-order valence-electron chi connectivity index (χ0n) is 7.28. The lowest BCUT2D eigenvalue weighted by Gasteiger charge is -2.04.